The van der Waals surface area contributed by atoms with Crippen molar-refractivity contribution in [2.45, 2.75) is 18.9 Å². The number of nitrogens with two attached hydrogens (primary N) is 1. The van der Waals surface area contributed by atoms with E-state index in [0.717, 1.165) is 22.5 Å². The van der Waals surface area contributed by atoms with E-state index in [1.54, 1.807) is 0 Å². The second-order valence-corrected chi connectivity index (χ2v) is 6.36. The average molecular weight is 373 g/mol. The summed E-state index contributed by atoms with van der Waals surface area (Å²) in [5, 5.41) is 8.89. The van der Waals surface area contributed by atoms with Crippen molar-refractivity contribution >= 4 is 45.9 Å². The zero-order valence-corrected chi connectivity index (χ0v) is 15.1. The number of alkyl halides is 2. The van der Waals surface area contributed by atoms with Crippen LogP contribution in [0.4, 0.5) is 5.69 Å². The lowest BCUT2D eigenvalue weighted by Crippen LogP contribution is -2.30. The summed E-state index contributed by atoms with van der Waals surface area (Å²) in [5.74, 6) is 0.874. The van der Waals surface area contributed by atoms with Gasteiger partial charge in [-0.1, -0.05) is 0 Å². The van der Waals surface area contributed by atoms with Crippen LogP contribution < -0.4 is 10.6 Å². The SMILES string of the molecule is Cn1c(CC[C@H](N)C(=O)O)nc2cc(N(CCCl)CCCl)ccc21. The van der Waals surface area contributed by atoms with Crippen LogP contribution in [-0.2, 0) is 18.3 Å². The number of halogens is 2. The molecule has 0 aliphatic rings. The highest BCUT2D eigenvalue weighted by Gasteiger charge is 2.15. The van der Waals surface area contributed by atoms with Gasteiger partial charge in [0.1, 0.15) is 11.9 Å². The molecule has 1 atom stereocenters. The van der Waals surface area contributed by atoms with Crippen LogP contribution in [0.5, 0.6) is 0 Å². The summed E-state index contributed by atoms with van der Waals surface area (Å²) in [6.45, 7) is 1.43. The minimum Gasteiger partial charge on any atom is -0.480 e. The van der Waals surface area contributed by atoms with E-state index in [9.17, 15) is 4.79 Å². The predicted octanol–water partition coefficient (Wildman–Crippen LogP) is 2.20. The summed E-state index contributed by atoms with van der Waals surface area (Å²) >= 11 is 11.7. The number of carbonyl (C=O) groups is 1. The van der Waals surface area contributed by atoms with Crippen LogP contribution >= 0.6 is 23.2 Å². The Morgan fingerprint density at radius 1 is 1.38 bits per heavy atom. The van der Waals surface area contributed by atoms with E-state index in [1.165, 1.54) is 0 Å². The van der Waals surface area contributed by atoms with Gasteiger partial charge in [0.05, 0.1) is 11.0 Å². The third-order valence-corrected chi connectivity index (χ3v) is 4.37. The molecule has 0 bridgehead atoms. The molecule has 0 saturated heterocycles. The van der Waals surface area contributed by atoms with E-state index < -0.39 is 12.0 Å². The molecule has 0 saturated carbocycles. The quantitative estimate of drug-likeness (QED) is 0.659. The second-order valence-electron chi connectivity index (χ2n) is 5.61. The summed E-state index contributed by atoms with van der Waals surface area (Å²) < 4.78 is 1.97. The maximum Gasteiger partial charge on any atom is 0.320 e. The number of aliphatic carboxylic acids is 1. The second kappa shape index (κ2) is 8.55. The molecular formula is C16H22Cl2N4O2. The van der Waals surface area contributed by atoms with Crippen molar-refractivity contribution in [3.8, 4) is 0 Å². The van der Waals surface area contributed by atoms with Gasteiger partial charge in [0, 0.05) is 44.0 Å². The lowest BCUT2D eigenvalue weighted by molar-refractivity contribution is -0.138. The number of carboxylic acid groups (broad SMARTS) is 1. The zero-order chi connectivity index (χ0) is 17.7. The number of hydrogen-bond donors (Lipinski definition) is 2. The number of benzene rings is 1. The van der Waals surface area contributed by atoms with E-state index in [2.05, 4.69) is 9.88 Å². The van der Waals surface area contributed by atoms with Gasteiger partial charge in [-0.15, -0.1) is 23.2 Å². The Hall–Kier alpha value is -1.50. The number of nitrogens with zero attached hydrogens (tertiary/aromatic N) is 3. The first-order chi connectivity index (χ1) is 11.5. The fourth-order valence-electron chi connectivity index (χ4n) is 2.64. The van der Waals surface area contributed by atoms with Crippen LogP contribution in [0.25, 0.3) is 11.0 Å². The highest BCUT2D eigenvalue weighted by Crippen LogP contribution is 2.23. The molecule has 24 heavy (non-hydrogen) atoms. The van der Waals surface area contributed by atoms with Crippen LogP contribution in [0.3, 0.4) is 0 Å². The van der Waals surface area contributed by atoms with Gasteiger partial charge in [0.15, 0.2) is 0 Å². The first-order valence-electron chi connectivity index (χ1n) is 7.78. The van der Waals surface area contributed by atoms with E-state index >= 15 is 0 Å². The van der Waals surface area contributed by atoms with Gasteiger partial charge in [-0.05, 0) is 24.6 Å². The van der Waals surface area contributed by atoms with Crippen LogP contribution in [0.2, 0.25) is 0 Å². The number of rotatable bonds is 9. The highest BCUT2D eigenvalue weighted by molar-refractivity contribution is 6.18. The predicted molar refractivity (Wildman–Crippen MR) is 98.3 cm³/mol. The van der Waals surface area contributed by atoms with Gasteiger partial charge in [0.25, 0.3) is 0 Å². The van der Waals surface area contributed by atoms with Crippen LogP contribution in [0.15, 0.2) is 18.2 Å². The molecule has 0 radical (unpaired) electrons. The molecule has 0 unspecified atom stereocenters. The van der Waals surface area contributed by atoms with Crippen LogP contribution in [0, 0.1) is 0 Å². The first-order valence-corrected chi connectivity index (χ1v) is 8.85. The van der Waals surface area contributed by atoms with E-state index in [-0.39, 0.29) is 0 Å². The molecule has 3 N–H and O–H groups in total. The summed E-state index contributed by atoms with van der Waals surface area (Å²) in [7, 11) is 1.92. The Balaban J connectivity index is 2.25. The number of fused-ring (bicyclic) bond motifs is 1. The number of aryl methyl sites for hydroxylation is 2. The van der Waals surface area contributed by atoms with Gasteiger partial charge in [-0.2, -0.15) is 0 Å². The van der Waals surface area contributed by atoms with Crippen molar-refractivity contribution in [1.82, 2.24) is 9.55 Å². The standard InChI is InChI=1S/C16H22Cl2N4O2/c1-21-14-4-2-11(22(8-6-17)9-7-18)10-13(14)20-15(21)5-3-12(19)16(23)24/h2,4,10,12H,3,5-9,19H2,1H3,(H,23,24)/t12-/m0/s1. The number of aromatic nitrogens is 2. The summed E-state index contributed by atoms with van der Waals surface area (Å²) in [6, 6.07) is 5.17. The molecule has 2 rings (SSSR count). The first kappa shape index (κ1) is 18.8. The summed E-state index contributed by atoms with van der Waals surface area (Å²) in [6.07, 6.45) is 0.866. The normalized spacial score (nSPS) is 12.5. The zero-order valence-electron chi connectivity index (χ0n) is 13.6. The Morgan fingerprint density at radius 2 is 2.04 bits per heavy atom. The van der Waals surface area contributed by atoms with Gasteiger partial charge in [-0.25, -0.2) is 4.98 Å². The minimum atomic E-state index is -0.992. The summed E-state index contributed by atoms with van der Waals surface area (Å²) in [4.78, 5) is 17.6. The van der Waals surface area contributed by atoms with E-state index in [1.807, 2.05) is 29.8 Å². The molecule has 0 aliphatic heterocycles. The molecular weight excluding hydrogens is 351 g/mol. The Bertz CT molecular complexity index is 699. The van der Waals surface area contributed by atoms with Crippen molar-refractivity contribution in [2.24, 2.45) is 12.8 Å². The Labute approximate surface area is 151 Å². The number of anilines is 1. The third-order valence-electron chi connectivity index (χ3n) is 4.03. The molecule has 0 fully saturated rings. The van der Waals surface area contributed by atoms with E-state index in [4.69, 9.17) is 34.0 Å². The van der Waals surface area contributed by atoms with Crippen molar-refractivity contribution in [1.29, 1.82) is 0 Å². The van der Waals surface area contributed by atoms with Crippen LogP contribution in [-0.4, -0.2) is 51.5 Å². The summed E-state index contributed by atoms with van der Waals surface area (Å²) in [5.41, 5.74) is 8.45. The Kier molecular flexibility index (Phi) is 6.71. The monoisotopic (exact) mass is 372 g/mol. The number of imidazole rings is 1. The van der Waals surface area contributed by atoms with Crippen LogP contribution in [0.1, 0.15) is 12.2 Å². The van der Waals surface area contributed by atoms with Crippen molar-refractivity contribution in [2.75, 3.05) is 29.7 Å². The minimum absolute atomic E-state index is 0.351. The van der Waals surface area contributed by atoms with Gasteiger partial charge >= 0.3 is 5.97 Å². The molecule has 6 nitrogen and oxygen atoms in total. The maximum atomic E-state index is 10.8. The molecule has 132 valence electrons. The largest absolute Gasteiger partial charge is 0.480 e. The molecule has 0 amide bonds. The van der Waals surface area contributed by atoms with E-state index in [0.29, 0.717) is 37.7 Å². The van der Waals surface area contributed by atoms with Crippen molar-refractivity contribution in [3.63, 3.8) is 0 Å². The molecule has 1 aromatic carbocycles. The number of hydrogen-bond acceptors (Lipinski definition) is 4. The molecule has 1 heterocycles. The van der Waals surface area contributed by atoms with Gasteiger partial charge < -0.3 is 20.3 Å². The van der Waals surface area contributed by atoms with Crippen molar-refractivity contribution < 1.29 is 9.90 Å². The molecule has 0 aliphatic carbocycles. The lowest BCUT2D eigenvalue weighted by atomic mass is 10.1. The Morgan fingerprint density at radius 3 is 2.62 bits per heavy atom. The topological polar surface area (TPSA) is 84.4 Å². The van der Waals surface area contributed by atoms with Gasteiger partial charge in [0.2, 0.25) is 0 Å². The smallest absolute Gasteiger partial charge is 0.320 e. The fourth-order valence-corrected chi connectivity index (χ4v) is 3.05. The third kappa shape index (κ3) is 4.32. The van der Waals surface area contributed by atoms with Gasteiger partial charge in [-0.3, -0.25) is 4.79 Å². The lowest BCUT2D eigenvalue weighted by Gasteiger charge is -2.22. The maximum absolute atomic E-state index is 10.8. The highest BCUT2D eigenvalue weighted by atomic mass is 35.5. The molecule has 0 spiro atoms. The van der Waals surface area contributed by atoms with Crippen molar-refractivity contribution in [3.05, 3.63) is 24.0 Å². The fraction of sp³-hybridized carbons (Fsp3) is 0.500. The average Bonchev–Trinajstić information content (AvgIpc) is 2.88. The molecule has 8 heteroatoms. The molecule has 2 aromatic rings. The number of carboxylic acids is 1. The molecule has 1 aromatic heterocycles.